The number of hydrogen-bond donors (Lipinski definition) is 2. The average Bonchev–Trinajstić information content (AvgIpc) is 1.99. The molecule has 0 radical (unpaired) electrons. The maximum atomic E-state index is 10.8. The molecule has 0 aliphatic rings. The molecule has 1 heterocycles. The molecule has 64 valence electrons. The van der Waals surface area contributed by atoms with Gasteiger partial charge in [0.05, 0.1) is 0 Å². The van der Waals surface area contributed by atoms with Crippen LogP contribution in [0.5, 0.6) is 0 Å². The highest BCUT2D eigenvalue weighted by molar-refractivity contribution is 5.84. The third kappa shape index (κ3) is 1.26. The van der Waals surface area contributed by atoms with E-state index in [1.807, 2.05) is 4.98 Å². The molecule has 1 aromatic heterocycles. The molecule has 6 heteroatoms. The normalized spacial score (nSPS) is 9.75. The van der Waals surface area contributed by atoms with E-state index in [9.17, 15) is 14.4 Å². The van der Waals surface area contributed by atoms with Gasteiger partial charge in [-0.1, -0.05) is 0 Å². The first-order valence-corrected chi connectivity index (χ1v) is 3.06. The van der Waals surface area contributed by atoms with Gasteiger partial charge in [0.25, 0.3) is 5.56 Å². The minimum Gasteiger partial charge on any atom is -0.477 e. The van der Waals surface area contributed by atoms with Crippen LogP contribution < -0.4 is 11.2 Å². The standard InChI is InChI=1S/C6H6N2O4/c1-8-4(9)2-3(5(10)11)7-6(8)12/h2H,1H3,(H,7,12)(H,10,11). The first-order valence-electron chi connectivity index (χ1n) is 3.06. The average molecular weight is 170 g/mol. The molecule has 0 saturated carbocycles. The Morgan fingerprint density at radius 3 is 2.58 bits per heavy atom. The van der Waals surface area contributed by atoms with Crippen LogP contribution in [-0.2, 0) is 7.05 Å². The number of aromatic carboxylic acids is 1. The lowest BCUT2D eigenvalue weighted by atomic mass is 10.4. The van der Waals surface area contributed by atoms with Crippen LogP contribution >= 0.6 is 0 Å². The van der Waals surface area contributed by atoms with Crippen molar-refractivity contribution >= 4 is 5.97 Å². The fraction of sp³-hybridized carbons (Fsp3) is 0.167. The number of carbonyl (C=O) groups is 1. The molecule has 0 bridgehead atoms. The Hall–Kier alpha value is -1.85. The van der Waals surface area contributed by atoms with Gasteiger partial charge in [0.2, 0.25) is 0 Å². The van der Waals surface area contributed by atoms with Gasteiger partial charge in [-0.05, 0) is 0 Å². The minimum absolute atomic E-state index is 0.400. The predicted molar refractivity (Wildman–Crippen MR) is 39.3 cm³/mol. The van der Waals surface area contributed by atoms with Gasteiger partial charge in [0, 0.05) is 13.1 Å². The van der Waals surface area contributed by atoms with Crippen molar-refractivity contribution in [2.45, 2.75) is 0 Å². The van der Waals surface area contributed by atoms with E-state index in [0.29, 0.717) is 0 Å². The third-order valence-corrected chi connectivity index (χ3v) is 1.38. The van der Waals surface area contributed by atoms with E-state index in [1.165, 1.54) is 7.05 Å². The van der Waals surface area contributed by atoms with E-state index in [4.69, 9.17) is 5.11 Å². The SMILES string of the molecule is Cn1c(=O)cc(C(=O)O)[nH]c1=O. The highest BCUT2D eigenvalue weighted by Gasteiger charge is 2.06. The van der Waals surface area contributed by atoms with Crippen molar-refractivity contribution in [3.05, 3.63) is 32.6 Å². The van der Waals surface area contributed by atoms with Crippen LogP contribution in [0.25, 0.3) is 0 Å². The Kier molecular flexibility index (Phi) is 1.82. The summed E-state index contributed by atoms with van der Waals surface area (Å²) in [5.74, 6) is -1.33. The molecule has 0 spiro atoms. The van der Waals surface area contributed by atoms with Crippen molar-refractivity contribution in [3.8, 4) is 0 Å². The summed E-state index contributed by atoms with van der Waals surface area (Å²) >= 11 is 0. The van der Waals surface area contributed by atoms with Crippen molar-refractivity contribution < 1.29 is 9.90 Å². The van der Waals surface area contributed by atoms with Crippen LogP contribution in [0.4, 0.5) is 0 Å². The van der Waals surface area contributed by atoms with Crippen LogP contribution in [0.3, 0.4) is 0 Å². The van der Waals surface area contributed by atoms with E-state index in [-0.39, 0.29) is 0 Å². The molecule has 0 aromatic carbocycles. The molecule has 0 unspecified atom stereocenters. The van der Waals surface area contributed by atoms with Crippen LogP contribution in [0.1, 0.15) is 10.5 Å². The minimum atomic E-state index is -1.33. The third-order valence-electron chi connectivity index (χ3n) is 1.38. The molecule has 0 fully saturated rings. The van der Waals surface area contributed by atoms with Crippen molar-refractivity contribution in [2.75, 3.05) is 0 Å². The summed E-state index contributed by atoms with van der Waals surface area (Å²) in [4.78, 5) is 34.0. The lowest BCUT2D eigenvalue weighted by Gasteiger charge is -1.95. The van der Waals surface area contributed by atoms with Crippen molar-refractivity contribution in [3.63, 3.8) is 0 Å². The second-order valence-corrected chi connectivity index (χ2v) is 2.19. The van der Waals surface area contributed by atoms with E-state index >= 15 is 0 Å². The summed E-state index contributed by atoms with van der Waals surface area (Å²) in [5, 5.41) is 8.41. The van der Waals surface area contributed by atoms with Gasteiger partial charge in [-0.2, -0.15) is 0 Å². The summed E-state index contributed by atoms with van der Waals surface area (Å²) in [6, 6.07) is 0.851. The number of aromatic amines is 1. The fourth-order valence-corrected chi connectivity index (χ4v) is 0.671. The Morgan fingerprint density at radius 2 is 2.17 bits per heavy atom. The van der Waals surface area contributed by atoms with E-state index in [1.54, 1.807) is 0 Å². The van der Waals surface area contributed by atoms with Crippen LogP contribution in [0.15, 0.2) is 15.7 Å². The number of rotatable bonds is 1. The number of H-pyrrole nitrogens is 1. The summed E-state index contributed by atoms with van der Waals surface area (Å²) < 4.78 is 0.784. The summed E-state index contributed by atoms with van der Waals surface area (Å²) in [6.45, 7) is 0. The fourth-order valence-electron chi connectivity index (χ4n) is 0.671. The first kappa shape index (κ1) is 8.25. The van der Waals surface area contributed by atoms with Crippen LogP contribution in [0.2, 0.25) is 0 Å². The molecule has 12 heavy (non-hydrogen) atoms. The molecular formula is C6H6N2O4. The zero-order chi connectivity index (χ0) is 9.30. The highest BCUT2D eigenvalue weighted by atomic mass is 16.4. The van der Waals surface area contributed by atoms with E-state index in [0.717, 1.165) is 10.6 Å². The molecule has 6 nitrogen and oxygen atoms in total. The molecule has 2 N–H and O–H groups in total. The number of aromatic nitrogens is 2. The monoisotopic (exact) mass is 170 g/mol. The number of carboxylic acid groups (broad SMARTS) is 1. The number of nitrogens with one attached hydrogen (secondary N) is 1. The summed E-state index contributed by atoms with van der Waals surface area (Å²) in [5.41, 5.74) is -1.78. The molecule has 1 rings (SSSR count). The Morgan fingerprint density at radius 1 is 1.58 bits per heavy atom. The molecule has 1 aromatic rings. The Balaban J connectivity index is 3.52. The van der Waals surface area contributed by atoms with E-state index < -0.39 is 22.9 Å². The summed E-state index contributed by atoms with van der Waals surface area (Å²) in [7, 11) is 1.26. The van der Waals surface area contributed by atoms with Crippen molar-refractivity contribution in [2.24, 2.45) is 7.05 Å². The predicted octanol–water partition coefficient (Wildman–Crippen LogP) is -1.23. The van der Waals surface area contributed by atoms with Gasteiger partial charge in [0.1, 0.15) is 5.69 Å². The second kappa shape index (κ2) is 2.65. The molecule has 0 amide bonds. The maximum Gasteiger partial charge on any atom is 0.352 e. The quantitative estimate of drug-likeness (QED) is 0.552. The van der Waals surface area contributed by atoms with Crippen molar-refractivity contribution in [1.29, 1.82) is 0 Å². The lowest BCUT2D eigenvalue weighted by molar-refractivity contribution is 0.0689. The van der Waals surface area contributed by atoms with Crippen LogP contribution in [-0.4, -0.2) is 20.6 Å². The molecule has 0 atom stereocenters. The van der Waals surface area contributed by atoms with Crippen LogP contribution in [0, 0.1) is 0 Å². The zero-order valence-electron chi connectivity index (χ0n) is 6.20. The van der Waals surface area contributed by atoms with Gasteiger partial charge in [-0.25, -0.2) is 9.59 Å². The maximum absolute atomic E-state index is 10.8. The van der Waals surface area contributed by atoms with Gasteiger partial charge >= 0.3 is 11.7 Å². The van der Waals surface area contributed by atoms with Gasteiger partial charge in [-0.3, -0.25) is 9.36 Å². The Labute approximate surface area is 66.1 Å². The van der Waals surface area contributed by atoms with Crippen molar-refractivity contribution in [1.82, 2.24) is 9.55 Å². The molecule has 0 saturated heterocycles. The largest absolute Gasteiger partial charge is 0.477 e. The van der Waals surface area contributed by atoms with Gasteiger partial charge in [0.15, 0.2) is 0 Å². The molecular weight excluding hydrogens is 164 g/mol. The van der Waals surface area contributed by atoms with Gasteiger partial charge < -0.3 is 10.1 Å². The summed E-state index contributed by atoms with van der Waals surface area (Å²) in [6.07, 6.45) is 0. The lowest BCUT2D eigenvalue weighted by Crippen LogP contribution is -2.33. The number of nitrogens with zero attached hydrogens (tertiary/aromatic N) is 1. The second-order valence-electron chi connectivity index (χ2n) is 2.19. The van der Waals surface area contributed by atoms with Gasteiger partial charge in [-0.15, -0.1) is 0 Å². The highest BCUT2D eigenvalue weighted by Crippen LogP contribution is 1.83. The smallest absolute Gasteiger partial charge is 0.352 e. The first-order chi connectivity index (χ1) is 5.52. The molecule has 0 aliphatic carbocycles. The zero-order valence-corrected chi connectivity index (χ0v) is 6.20. The molecule has 0 aliphatic heterocycles. The number of carboxylic acids is 1. The van der Waals surface area contributed by atoms with E-state index in [2.05, 4.69) is 0 Å². The topological polar surface area (TPSA) is 92.2 Å². The number of hydrogen-bond acceptors (Lipinski definition) is 3. The Bertz CT molecular complexity index is 397.